The third-order valence-electron chi connectivity index (χ3n) is 5.85. The van der Waals surface area contributed by atoms with Gasteiger partial charge < -0.3 is 5.32 Å². The lowest BCUT2D eigenvalue weighted by atomic mass is 9.65. The van der Waals surface area contributed by atoms with E-state index >= 15 is 0 Å². The Morgan fingerprint density at radius 1 is 0.842 bits per heavy atom. The van der Waals surface area contributed by atoms with Gasteiger partial charge in [0.1, 0.15) is 0 Å². The van der Waals surface area contributed by atoms with Gasteiger partial charge in [-0.3, -0.25) is 0 Å². The molecule has 4 unspecified atom stereocenters. The summed E-state index contributed by atoms with van der Waals surface area (Å²) >= 11 is 0. The zero-order valence-corrected chi connectivity index (χ0v) is 13.3. The van der Waals surface area contributed by atoms with Crippen molar-refractivity contribution in [3.05, 3.63) is 0 Å². The van der Waals surface area contributed by atoms with Crippen molar-refractivity contribution in [2.24, 2.45) is 17.8 Å². The molecule has 4 atom stereocenters. The van der Waals surface area contributed by atoms with E-state index < -0.39 is 0 Å². The van der Waals surface area contributed by atoms with Crippen LogP contribution in [0.25, 0.3) is 0 Å². The molecular weight excluding hydrogens is 230 g/mol. The Balaban J connectivity index is 1.63. The Morgan fingerprint density at radius 3 is 2.37 bits per heavy atom. The van der Waals surface area contributed by atoms with Crippen LogP contribution in [0.1, 0.15) is 84.0 Å². The van der Waals surface area contributed by atoms with Gasteiger partial charge in [-0.15, -0.1) is 0 Å². The van der Waals surface area contributed by atoms with E-state index in [0.29, 0.717) is 0 Å². The first kappa shape index (κ1) is 15.4. The lowest BCUT2D eigenvalue weighted by Crippen LogP contribution is -2.38. The van der Waals surface area contributed by atoms with Crippen molar-refractivity contribution < 1.29 is 0 Å². The van der Waals surface area contributed by atoms with Crippen LogP contribution in [0, 0.1) is 17.8 Å². The summed E-state index contributed by atoms with van der Waals surface area (Å²) in [5.74, 6) is 3.22. The summed E-state index contributed by atoms with van der Waals surface area (Å²) in [5.41, 5.74) is 0. The SMILES string of the molecule is CCCCCCCC1CCC2CC(NC)CCC2C1. The van der Waals surface area contributed by atoms with Crippen LogP contribution < -0.4 is 5.32 Å². The highest BCUT2D eigenvalue weighted by Crippen LogP contribution is 2.44. The predicted molar refractivity (Wildman–Crippen MR) is 84.4 cm³/mol. The fourth-order valence-electron chi connectivity index (χ4n) is 4.55. The smallest absolute Gasteiger partial charge is 0.00669 e. The third kappa shape index (κ3) is 4.77. The summed E-state index contributed by atoms with van der Waals surface area (Å²) in [6, 6.07) is 0.826. The minimum absolute atomic E-state index is 0.826. The molecule has 112 valence electrons. The first-order chi connectivity index (χ1) is 9.33. The van der Waals surface area contributed by atoms with Crippen LogP contribution in [0.4, 0.5) is 0 Å². The molecule has 0 radical (unpaired) electrons. The molecule has 2 aliphatic carbocycles. The molecule has 1 heteroatoms. The molecular formula is C18H35N. The minimum Gasteiger partial charge on any atom is -0.317 e. The molecule has 2 aliphatic rings. The van der Waals surface area contributed by atoms with Crippen molar-refractivity contribution >= 4 is 0 Å². The quantitative estimate of drug-likeness (QED) is 0.628. The van der Waals surface area contributed by atoms with Gasteiger partial charge in [0.05, 0.1) is 0 Å². The van der Waals surface area contributed by atoms with Crippen molar-refractivity contribution in [3.63, 3.8) is 0 Å². The summed E-state index contributed by atoms with van der Waals surface area (Å²) in [7, 11) is 2.15. The molecule has 0 aromatic heterocycles. The predicted octanol–water partition coefficient (Wildman–Crippen LogP) is 5.15. The fraction of sp³-hybridized carbons (Fsp3) is 1.00. The Morgan fingerprint density at radius 2 is 1.58 bits per heavy atom. The van der Waals surface area contributed by atoms with Crippen LogP contribution in [-0.4, -0.2) is 13.1 Å². The van der Waals surface area contributed by atoms with E-state index in [0.717, 1.165) is 23.8 Å². The average Bonchev–Trinajstić information content (AvgIpc) is 2.46. The van der Waals surface area contributed by atoms with E-state index in [2.05, 4.69) is 19.3 Å². The standard InChI is InChI=1S/C18H35N/c1-3-4-5-6-7-8-15-9-10-17-14-18(19-2)12-11-16(17)13-15/h15-19H,3-14H2,1-2H3. The molecule has 0 spiro atoms. The van der Waals surface area contributed by atoms with Crippen LogP contribution in [0.2, 0.25) is 0 Å². The maximum atomic E-state index is 3.50. The maximum Gasteiger partial charge on any atom is 0.00669 e. The number of hydrogen-bond donors (Lipinski definition) is 1. The number of rotatable bonds is 7. The summed E-state index contributed by atoms with van der Waals surface area (Å²) in [6.45, 7) is 2.31. The van der Waals surface area contributed by atoms with E-state index in [1.807, 2.05) is 0 Å². The Bertz CT molecular complexity index is 236. The van der Waals surface area contributed by atoms with Gasteiger partial charge in [0.2, 0.25) is 0 Å². The summed E-state index contributed by atoms with van der Waals surface area (Å²) in [4.78, 5) is 0. The van der Waals surface area contributed by atoms with Crippen molar-refractivity contribution in [2.45, 2.75) is 90.0 Å². The first-order valence-corrected chi connectivity index (χ1v) is 9.00. The molecule has 0 saturated heterocycles. The zero-order chi connectivity index (χ0) is 13.5. The fourth-order valence-corrected chi connectivity index (χ4v) is 4.55. The molecule has 0 aromatic carbocycles. The monoisotopic (exact) mass is 265 g/mol. The van der Waals surface area contributed by atoms with Crippen LogP contribution in [0.15, 0.2) is 0 Å². The number of nitrogens with one attached hydrogen (secondary N) is 1. The van der Waals surface area contributed by atoms with Crippen molar-refractivity contribution in [2.75, 3.05) is 7.05 Å². The van der Waals surface area contributed by atoms with Crippen LogP contribution in [0.5, 0.6) is 0 Å². The molecule has 0 amide bonds. The lowest BCUT2D eigenvalue weighted by Gasteiger charge is -2.42. The number of fused-ring (bicyclic) bond motifs is 1. The lowest BCUT2D eigenvalue weighted by molar-refractivity contribution is 0.107. The van der Waals surface area contributed by atoms with Crippen molar-refractivity contribution in [1.82, 2.24) is 5.32 Å². The van der Waals surface area contributed by atoms with Crippen LogP contribution in [0.3, 0.4) is 0 Å². The van der Waals surface area contributed by atoms with E-state index in [1.54, 1.807) is 6.42 Å². The van der Waals surface area contributed by atoms with Crippen molar-refractivity contribution in [1.29, 1.82) is 0 Å². The second-order valence-electron chi connectivity index (χ2n) is 7.20. The molecule has 2 fully saturated rings. The Kier molecular flexibility index (Phi) is 6.70. The maximum absolute atomic E-state index is 3.50. The molecule has 0 aliphatic heterocycles. The topological polar surface area (TPSA) is 12.0 Å². The van der Waals surface area contributed by atoms with Crippen LogP contribution in [-0.2, 0) is 0 Å². The first-order valence-electron chi connectivity index (χ1n) is 9.00. The van der Waals surface area contributed by atoms with Gasteiger partial charge in [-0.1, -0.05) is 51.9 Å². The highest BCUT2D eigenvalue weighted by atomic mass is 14.9. The Labute approximate surface area is 120 Å². The van der Waals surface area contributed by atoms with Gasteiger partial charge in [0.15, 0.2) is 0 Å². The van der Waals surface area contributed by atoms with Gasteiger partial charge >= 0.3 is 0 Å². The largest absolute Gasteiger partial charge is 0.317 e. The molecule has 1 N–H and O–H groups in total. The minimum atomic E-state index is 0.826. The van der Waals surface area contributed by atoms with E-state index in [4.69, 9.17) is 0 Å². The van der Waals surface area contributed by atoms with Gasteiger partial charge in [-0.2, -0.15) is 0 Å². The molecule has 19 heavy (non-hydrogen) atoms. The Hall–Kier alpha value is -0.0400. The van der Waals surface area contributed by atoms with E-state index in [9.17, 15) is 0 Å². The van der Waals surface area contributed by atoms with Gasteiger partial charge in [-0.05, 0) is 56.9 Å². The average molecular weight is 265 g/mol. The van der Waals surface area contributed by atoms with E-state index in [1.165, 1.54) is 70.6 Å². The highest BCUT2D eigenvalue weighted by molar-refractivity contribution is 4.88. The normalized spacial score (nSPS) is 35.1. The zero-order valence-electron chi connectivity index (χ0n) is 13.3. The van der Waals surface area contributed by atoms with Gasteiger partial charge in [-0.25, -0.2) is 0 Å². The van der Waals surface area contributed by atoms with Gasteiger partial charge in [0.25, 0.3) is 0 Å². The summed E-state index contributed by atoms with van der Waals surface area (Å²) in [6.07, 6.45) is 17.8. The van der Waals surface area contributed by atoms with Crippen LogP contribution >= 0.6 is 0 Å². The number of hydrogen-bond acceptors (Lipinski definition) is 1. The molecule has 0 heterocycles. The highest BCUT2D eigenvalue weighted by Gasteiger charge is 2.34. The van der Waals surface area contributed by atoms with Gasteiger partial charge in [0, 0.05) is 6.04 Å². The third-order valence-corrected chi connectivity index (χ3v) is 5.85. The van der Waals surface area contributed by atoms with E-state index in [-0.39, 0.29) is 0 Å². The second kappa shape index (κ2) is 8.29. The summed E-state index contributed by atoms with van der Waals surface area (Å²) < 4.78 is 0. The summed E-state index contributed by atoms with van der Waals surface area (Å²) in [5, 5.41) is 3.50. The molecule has 2 rings (SSSR count). The second-order valence-corrected chi connectivity index (χ2v) is 7.20. The molecule has 0 bridgehead atoms. The molecule has 1 nitrogen and oxygen atoms in total. The number of unbranched alkanes of at least 4 members (excludes halogenated alkanes) is 4. The molecule has 0 aromatic rings. The molecule has 2 saturated carbocycles. The van der Waals surface area contributed by atoms with Crippen molar-refractivity contribution in [3.8, 4) is 0 Å².